The number of rotatable bonds is 13. The zero-order valence-electron chi connectivity index (χ0n) is 24.3. The van der Waals surface area contributed by atoms with E-state index in [-0.39, 0.29) is 29.8 Å². The topological polar surface area (TPSA) is 86.8 Å². The molecule has 0 radical (unpaired) electrons. The van der Waals surface area contributed by atoms with Crippen LogP contribution in [0.15, 0.2) is 120 Å². The summed E-state index contributed by atoms with van der Waals surface area (Å²) in [5, 5.41) is 3.05. The third-order valence-corrected chi connectivity index (χ3v) is 9.70. The van der Waals surface area contributed by atoms with Crippen LogP contribution in [0.3, 0.4) is 0 Å². The van der Waals surface area contributed by atoms with Gasteiger partial charge < -0.3 is 10.2 Å². The molecule has 1 N–H and O–H groups in total. The lowest BCUT2D eigenvalue weighted by molar-refractivity contribution is -0.140. The number of halogens is 1. The summed E-state index contributed by atoms with van der Waals surface area (Å²) in [7, 11) is -4.11. The number of nitrogens with one attached hydrogen (secondary N) is 1. The van der Waals surface area contributed by atoms with Gasteiger partial charge in [0.25, 0.3) is 10.0 Å². The average molecular weight is 710 g/mol. The van der Waals surface area contributed by atoms with E-state index in [2.05, 4.69) is 27.9 Å². The molecule has 2 amide bonds. The Morgan fingerprint density at radius 1 is 0.791 bits per heavy atom. The van der Waals surface area contributed by atoms with Crippen molar-refractivity contribution in [1.29, 1.82) is 0 Å². The minimum Gasteiger partial charge on any atom is -0.352 e. The zero-order valence-corrected chi connectivity index (χ0v) is 27.2. The van der Waals surface area contributed by atoms with Crippen molar-refractivity contribution in [2.24, 2.45) is 0 Å². The van der Waals surface area contributed by atoms with Gasteiger partial charge in [-0.1, -0.05) is 85.8 Å². The van der Waals surface area contributed by atoms with Crippen LogP contribution in [0, 0.1) is 3.57 Å². The molecular formula is C34H36IN3O4S. The molecule has 0 aliphatic rings. The molecule has 0 aliphatic carbocycles. The summed E-state index contributed by atoms with van der Waals surface area (Å²) in [6.07, 6.45) is 1.00. The molecule has 9 heteroatoms. The highest BCUT2D eigenvalue weighted by Crippen LogP contribution is 2.26. The van der Waals surface area contributed by atoms with E-state index in [0.29, 0.717) is 5.69 Å². The third kappa shape index (κ3) is 8.67. The summed E-state index contributed by atoms with van der Waals surface area (Å²) in [5.74, 6) is -0.767. The smallest absolute Gasteiger partial charge is 0.264 e. The Bertz CT molecular complexity index is 1590. The SMILES string of the molecule is CC[C@H](C)NC(=O)[C@H](Cc1ccccc1)N(Cc1ccccc1)C(=O)CN(c1ccc(I)cc1)S(=O)(=O)c1ccccc1. The van der Waals surface area contributed by atoms with Crippen LogP contribution in [-0.4, -0.2) is 43.8 Å². The molecule has 0 heterocycles. The van der Waals surface area contributed by atoms with Gasteiger partial charge in [-0.2, -0.15) is 0 Å². The number of benzene rings is 4. The third-order valence-electron chi connectivity index (χ3n) is 7.19. The number of amides is 2. The normalized spacial score (nSPS) is 12.6. The Hall–Kier alpha value is -3.70. The van der Waals surface area contributed by atoms with Crippen LogP contribution in [-0.2, 0) is 32.6 Å². The lowest BCUT2D eigenvalue weighted by Gasteiger charge is -2.34. The monoisotopic (exact) mass is 709 g/mol. The second-order valence-electron chi connectivity index (χ2n) is 10.3. The first-order chi connectivity index (χ1) is 20.7. The number of hydrogen-bond acceptors (Lipinski definition) is 4. The molecule has 0 saturated heterocycles. The maximum Gasteiger partial charge on any atom is 0.264 e. The lowest BCUT2D eigenvalue weighted by Crippen LogP contribution is -2.54. The second kappa shape index (κ2) is 15.2. The molecule has 7 nitrogen and oxygen atoms in total. The first-order valence-corrected chi connectivity index (χ1v) is 16.7. The van der Waals surface area contributed by atoms with E-state index < -0.39 is 28.5 Å². The van der Waals surface area contributed by atoms with Crippen LogP contribution in [0.25, 0.3) is 0 Å². The molecule has 43 heavy (non-hydrogen) atoms. The van der Waals surface area contributed by atoms with Crippen LogP contribution in [0.2, 0.25) is 0 Å². The van der Waals surface area contributed by atoms with E-state index in [0.717, 1.165) is 25.4 Å². The fraction of sp³-hybridized carbons (Fsp3) is 0.235. The number of sulfonamides is 1. The Balaban J connectivity index is 1.78. The summed E-state index contributed by atoms with van der Waals surface area (Å²) in [5.41, 5.74) is 2.09. The van der Waals surface area contributed by atoms with E-state index in [1.165, 1.54) is 17.0 Å². The molecule has 0 fully saturated rings. The van der Waals surface area contributed by atoms with E-state index in [1.54, 1.807) is 42.5 Å². The molecule has 224 valence electrons. The summed E-state index contributed by atoms with van der Waals surface area (Å²) in [6.45, 7) is 3.56. The van der Waals surface area contributed by atoms with E-state index in [4.69, 9.17) is 0 Å². The largest absolute Gasteiger partial charge is 0.352 e. The first kappa shape index (κ1) is 32.2. The molecule has 4 aromatic rings. The minimum absolute atomic E-state index is 0.0753. The summed E-state index contributed by atoms with van der Waals surface area (Å²) < 4.78 is 30.0. The number of carbonyl (C=O) groups excluding carboxylic acids is 2. The second-order valence-corrected chi connectivity index (χ2v) is 13.4. The summed E-state index contributed by atoms with van der Waals surface area (Å²) >= 11 is 2.15. The van der Waals surface area contributed by atoms with Crippen molar-refractivity contribution >= 4 is 50.1 Å². The van der Waals surface area contributed by atoms with Crippen molar-refractivity contribution in [1.82, 2.24) is 10.2 Å². The average Bonchev–Trinajstić information content (AvgIpc) is 3.03. The van der Waals surface area contributed by atoms with Crippen molar-refractivity contribution in [2.75, 3.05) is 10.8 Å². The van der Waals surface area contributed by atoms with E-state index >= 15 is 0 Å². The quantitative estimate of drug-likeness (QED) is 0.172. The molecule has 0 bridgehead atoms. The summed E-state index contributed by atoms with van der Waals surface area (Å²) in [6, 6.07) is 33.0. The van der Waals surface area contributed by atoms with Crippen molar-refractivity contribution in [3.8, 4) is 0 Å². The molecule has 2 atom stereocenters. The predicted molar refractivity (Wildman–Crippen MR) is 179 cm³/mol. The highest BCUT2D eigenvalue weighted by atomic mass is 127. The maximum atomic E-state index is 14.4. The number of carbonyl (C=O) groups is 2. The van der Waals surface area contributed by atoms with Gasteiger partial charge in [0, 0.05) is 22.6 Å². The lowest BCUT2D eigenvalue weighted by atomic mass is 10.0. The Morgan fingerprint density at radius 2 is 1.33 bits per heavy atom. The van der Waals surface area contributed by atoms with Crippen molar-refractivity contribution in [3.63, 3.8) is 0 Å². The van der Waals surface area contributed by atoms with Gasteiger partial charge in [-0.05, 0) is 83.5 Å². The van der Waals surface area contributed by atoms with Crippen LogP contribution in [0.1, 0.15) is 31.4 Å². The highest BCUT2D eigenvalue weighted by molar-refractivity contribution is 14.1. The summed E-state index contributed by atoms with van der Waals surface area (Å²) in [4.78, 5) is 29.8. The Kier molecular flexibility index (Phi) is 11.4. The highest BCUT2D eigenvalue weighted by Gasteiger charge is 2.34. The molecule has 0 spiro atoms. The maximum absolute atomic E-state index is 14.4. The van der Waals surface area contributed by atoms with Gasteiger partial charge in [0.15, 0.2) is 0 Å². The minimum atomic E-state index is -4.11. The van der Waals surface area contributed by atoms with Gasteiger partial charge in [0.2, 0.25) is 11.8 Å². The molecular weight excluding hydrogens is 673 g/mol. The van der Waals surface area contributed by atoms with Crippen LogP contribution >= 0.6 is 22.6 Å². The van der Waals surface area contributed by atoms with E-state index in [1.807, 2.05) is 74.5 Å². The van der Waals surface area contributed by atoms with Crippen LogP contribution < -0.4 is 9.62 Å². The molecule has 4 aromatic carbocycles. The fourth-order valence-corrected chi connectivity index (χ4v) is 6.43. The predicted octanol–water partition coefficient (Wildman–Crippen LogP) is 6.04. The van der Waals surface area contributed by atoms with Crippen LogP contribution in [0.5, 0.6) is 0 Å². The van der Waals surface area contributed by atoms with Gasteiger partial charge in [-0.15, -0.1) is 0 Å². The Morgan fingerprint density at radius 3 is 1.88 bits per heavy atom. The van der Waals surface area contributed by atoms with Crippen molar-refractivity contribution in [3.05, 3.63) is 130 Å². The van der Waals surface area contributed by atoms with Gasteiger partial charge in [0.05, 0.1) is 10.6 Å². The standard InChI is InChI=1S/C34H36IN3O4S/c1-3-26(2)36-34(40)32(23-27-13-7-4-8-14-27)37(24-28-15-9-5-10-16-28)33(39)25-38(30-21-19-29(35)20-22-30)43(41,42)31-17-11-6-12-18-31/h4-22,26,32H,3,23-25H2,1-2H3,(H,36,40)/t26-,32-/m0/s1. The van der Waals surface area contributed by atoms with Gasteiger partial charge in [0.1, 0.15) is 12.6 Å². The molecule has 4 rings (SSSR count). The number of nitrogens with zero attached hydrogens (tertiary/aromatic N) is 2. The van der Waals surface area contributed by atoms with Crippen molar-refractivity contribution in [2.45, 2.75) is 50.2 Å². The zero-order chi connectivity index (χ0) is 30.8. The number of anilines is 1. The van der Waals surface area contributed by atoms with Gasteiger partial charge in [-0.3, -0.25) is 13.9 Å². The number of hydrogen-bond donors (Lipinski definition) is 1. The van der Waals surface area contributed by atoms with Gasteiger partial charge >= 0.3 is 0 Å². The first-order valence-electron chi connectivity index (χ1n) is 14.2. The van der Waals surface area contributed by atoms with Crippen molar-refractivity contribution < 1.29 is 18.0 Å². The molecule has 0 aliphatic heterocycles. The molecule has 0 saturated carbocycles. The van der Waals surface area contributed by atoms with Gasteiger partial charge in [-0.25, -0.2) is 8.42 Å². The Labute approximate surface area is 268 Å². The fourth-order valence-electron chi connectivity index (χ4n) is 4.63. The molecule has 0 aromatic heterocycles. The molecule has 0 unspecified atom stereocenters. The van der Waals surface area contributed by atoms with E-state index in [9.17, 15) is 18.0 Å². The van der Waals surface area contributed by atoms with Crippen LogP contribution in [0.4, 0.5) is 5.69 Å².